The van der Waals surface area contributed by atoms with Gasteiger partial charge in [0.15, 0.2) is 5.82 Å². The first-order chi connectivity index (χ1) is 18.3. The van der Waals surface area contributed by atoms with E-state index in [4.69, 9.17) is 0 Å². The van der Waals surface area contributed by atoms with Gasteiger partial charge in [0, 0.05) is 51.4 Å². The van der Waals surface area contributed by atoms with Crippen LogP contribution in [0.5, 0.6) is 0 Å². The molecule has 2 N–H and O–H groups in total. The smallest absolute Gasteiger partial charge is 0.243 e. The van der Waals surface area contributed by atoms with Gasteiger partial charge in [0.1, 0.15) is 6.33 Å². The quantitative estimate of drug-likeness (QED) is 0.516. The number of rotatable bonds is 8. The van der Waals surface area contributed by atoms with Crippen LogP contribution in [0.1, 0.15) is 59.8 Å². The molecule has 0 bridgehead atoms. The Bertz CT molecular complexity index is 1050. The molecule has 3 aliphatic rings. The summed E-state index contributed by atoms with van der Waals surface area (Å²) in [4.78, 5) is 24.9. The van der Waals surface area contributed by atoms with Gasteiger partial charge in [0.25, 0.3) is 0 Å². The minimum atomic E-state index is -0.121. The number of aromatic nitrogens is 5. The number of piperazine rings is 1. The first kappa shape index (κ1) is 27.1. The molecule has 2 aromatic rings. The van der Waals surface area contributed by atoms with Crippen molar-refractivity contribution in [3.63, 3.8) is 0 Å². The van der Waals surface area contributed by atoms with Crippen molar-refractivity contribution in [2.45, 2.75) is 77.9 Å². The molecule has 11 nitrogen and oxygen atoms in total. The third-order valence-electron chi connectivity index (χ3n) is 8.53. The van der Waals surface area contributed by atoms with Crippen LogP contribution in [0, 0.1) is 11.3 Å². The fourth-order valence-electron chi connectivity index (χ4n) is 6.11. The lowest BCUT2D eigenvalue weighted by molar-refractivity contribution is -0.125. The van der Waals surface area contributed by atoms with E-state index in [9.17, 15) is 4.79 Å². The second-order valence-electron chi connectivity index (χ2n) is 12.1. The molecule has 1 aliphatic carbocycles. The summed E-state index contributed by atoms with van der Waals surface area (Å²) >= 11 is 1.41. The Kier molecular flexibility index (Phi) is 8.39. The van der Waals surface area contributed by atoms with Gasteiger partial charge in [-0.2, -0.15) is 0 Å². The molecule has 2 saturated heterocycles. The minimum Gasteiger partial charge on any atom is -0.355 e. The highest BCUT2D eigenvalue weighted by molar-refractivity contribution is 7.19. The first-order valence-electron chi connectivity index (χ1n) is 14.0. The van der Waals surface area contributed by atoms with Crippen molar-refractivity contribution in [2.75, 3.05) is 54.8 Å². The van der Waals surface area contributed by atoms with Crippen LogP contribution in [-0.2, 0) is 4.79 Å². The van der Waals surface area contributed by atoms with Crippen LogP contribution in [0.25, 0.3) is 0 Å². The van der Waals surface area contributed by atoms with Gasteiger partial charge in [0.2, 0.25) is 16.2 Å². The van der Waals surface area contributed by atoms with Gasteiger partial charge in [-0.25, -0.2) is 4.98 Å². The maximum Gasteiger partial charge on any atom is 0.243 e. The summed E-state index contributed by atoms with van der Waals surface area (Å²) in [6.45, 7) is 14.8. The van der Waals surface area contributed by atoms with Gasteiger partial charge in [-0.1, -0.05) is 25.2 Å². The monoisotopic (exact) mass is 542 g/mol. The molecule has 2 aromatic heterocycles. The van der Waals surface area contributed by atoms with Crippen molar-refractivity contribution >= 4 is 33.3 Å². The molecule has 0 spiro atoms. The van der Waals surface area contributed by atoms with Gasteiger partial charge in [-0.05, 0) is 57.3 Å². The Hall–Kier alpha value is -2.44. The number of hydrogen-bond donors (Lipinski definition) is 2. The van der Waals surface area contributed by atoms with Gasteiger partial charge >= 0.3 is 0 Å². The lowest BCUT2D eigenvalue weighted by Crippen LogP contribution is -2.57. The van der Waals surface area contributed by atoms with Gasteiger partial charge in [0.05, 0.1) is 12.2 Å². The summed E-state index contributed by atoms with van der Waals surface area (Å²) in [5, 5.41) is 24.6. The molecule has 208 valence electrons. The summed E-state index contributed by atoms with van der Waals surface area (Å²) < 4.78 is 0. The summed E-state index contributed by atoms with van der Waals surface area (Å²) in [7, 11) is 0. The Morgan fingerprint density at radius 3 is 2.39 bits per heavy atom. The number of anilines is 3. The van der Waals surface area contributed by atoms with Crippen LogP contribution < -0.4 is 15.5 Å². The molecular formula is C26H42N10OS. The molecule has 2 atom stereocenters. The summed E-state index contributed by atoms with van der Waals surface area (Å²) in [5.41, 5.74) is 0.368. The van der Waals surface area contributed by atoms with Gasteiger partial charge in [-0.3, -0.25) is 19.9 Å². The van der Waals surface area contributed by atoms with Crippen molar-refractivity contribution in [1.29, 1.82) is 0 Å². The van der Waals surface area contributed by atoms with Crippen LogP contribution in [0.2, 0.25) is 0 Å². The van der Waals surface area contributed by atoms with Gasteiger partial charge in [-0.15, -0.1) is 20.4 Å². The highest BCUT2D eigenvalue weighted by atomic mass is 32.1. The van der Waals surface area contributed by atoms with E-state index in [1.807, 2.05) is 0 Å². The summed E-state index contributed by atoms with van der Waals surface area (Å²) in [6.07, 6.45) is 8.67. The van der Waals surface area contributed by atoms with Crippen LogP contribution in [0.4, 0.5) is 16.1 Å². The maximum atomic E-state index is 13.8. The Labute approximate surface area is 229 Å². The topological polar surface area (TPSA) is 115 Å². The predicted molar refractivity (Wildman–Crippen MR) is 150 cm³/mol. The number of carbonyl (C=O) groups excluding carboxylic acids is 1. The zero-order valence-electron chi connectivity index (χ0n) is 23.1. The average molecular weight is 543 g/mol. The third-order valence-corrected chi connectivity index (χ3v) is 9.30. The second kappa shape index (κ2) is 11.7. The van der Waals surface area contributed by atoms with Crippen LogP contribution in [0.15, 0.2) is 12.5 Å². The van der Waals surface area contributed by atoms with E-state index in [-0.39, 0.29) is 18.0 Å². The molecule has 38 heavy (non-hydrogen) atoms. The zero-order chi connectivity index (χ0) is 26.7. The second-order valence-corrected chi connectivity index (χ2v) is 13.0. The number of nitrogens with zero attached hydrogens (tertiary/aromatic N) is 8. The molecule has 0 unspecified atom stereocenters. The molecule has 1 amide bonds. The lowest BCUT2D eigenvalue weighted by Gasteiger charge is -2.45. The van der Waals surface area contributed by atoms with Crippen molar-refractivity contribution < 1.29 is 4.79 Å². The fourth-order valence-corrected chi connectivity index (χ4v) is 6.83. The number of amides is 1. The van der Waals surface area contributed by atoms with Crippen molar-refractivity contribution in [2.24, 2.45) is 11.3 Å². The number of nitrogens with one attached hydrogen (secondary N) is 2. The zero-order valence-corrected chi connectivity index (χ0v) is 24.0. The SMILES string of the molecule is CC(C)N1CCN([C@@H](C(=O)Nc2nnc(N[C@@H]3CCN(c4cncnn4)C3)s2)C2CCC(C)(C)CC2)CC1. The highest BCUT2D eigenvalue weighted by Gasteiger charge is 2.39. The molecule has 12 heteroatoms. The highest BCUT2D eigenvalue weighted by Crippen LogP contribution is 2.40. The van der Waals surface area contributed by atoms with Crippen molar-refractivity contribution in [3.8, 4) is 0 Å². The molecule has 1 saturated carbocycles. The molecule has 0 aromatic carbocycles. The van der Waals surface area contributed by atoms with E-state index in [0.29, 0.717) is 22.5 Å². The van der Waals surface area contributed by atoms with E-state index >= 15 is 0 Å². The first-order valence-corrected chi connectivity index (χ1v) is 14.9. The number of hydrogen-bond acceptors (Lipinski definition) is 11. The maximum absolute atomic E-state index is 13.8. The molecule has 4 heterocycles. The molecule has 3 fully saturated rings. The fraction of sp³-hybridized carbons (Fsp3) is 0.769. The Morgan fingerprint density at radius 1 is 1.00 bits per heavy atom. The van der Waals surface area contributed by atoms with Crippen molar-refractivity contribution in [3.05, 3.63) is 12.5 Å². The Morgan fingerprint density at radius 2 is 1.71 bits per heavy atom. The molecule has 0 radical (unpaired) electrons. The van der Waals surface area contributed by atoms with E-state index in [1.165, 1.54) is 30.5 Å². The third kappa shape index (κ3) is 6.58. The molecule has 5 rings (SSSR count). The largest absolute Gasteiger partial charge is 0.355 e. The normalized spacial score (nSPS) is 24.0. The van der Waals surface area contributed by atoms with Crippen LogP contribution in [0.3, 0.4) is 0 Å². The Balaban J connectivity index is 1.20. The minimum absolute atomic E-state index is 0.0672. The average Bonchev–Trinajstić information content (AvgIpc) is 3.56. The molecule has 2 aliphatic heterocycles. The standard InChI is InChI=1S/C26H42N10OS/c1-18(2)34-11-13-35(14-12-34)22(19-5-8-26(3,4)9-6-19)23(37)30-25-33-32-24(38-25)29-20-7-10-36(16-20)21-15-27-17-28-31-21/h15,17-20,22H,5-14,16H2,1-4H3,(H,29,32)(H,30,33,37)/t20-,22-/m1/s1. The van der Waals surface area contributed by atoms with Crippen LogP contribution >= 0.6 is 11.3 Å². The van der Waals surface area contributed by atoms with Gasteiger partial charge < -0.3 is 10.2 Å². The van der Waals surface area contributed by atoms with E-state index < -0.39 is 0 Å². The lowest BCUT2D eigenvalue weighted by atomic mass is 9.70. The van der Waals surface area contributed by atoms with Crippen molar-refractivity contribution in [1.82, 2.24) is 35.2 Å². The van der Waals surface area contributed by atoms with Crippen LogP contribution in [-0.4, -0.2) is 98.5 Å². The molecular weight excluding hydrogens is 500 g/mol. The number of carbonyl (C=O) groups is 1. The van der Waals surface area contributed by atoms with E-state index in [1.54, 1.807) is 6.20 Å². The summed E-state index contributed by atoms with van der Waals surface area (Å²) in [6, 6.07) is 0.644. The summed E-state index contributed by atoms with van der Waals surface area (Å²) in [5.74, 6) is 1.23. The predicted octanol–water partition coefficient (Wildman–Crippen LogP) is 2.96. The van der Waals surface area contributed by atoms with E-state index in [2.05, 4.69) is 78.4 Å². The van der Waals surface area contributed by atoms with E-state index in [0.717, 1.165) is 69.5 Å².